The first-order valence-corrected chi connectivity index (χ1v) is 10.8. The van der Waals surface area contributed by atoms with Gasteiger partial charge in [0, 0.05) is 31.1 Å². The van der Waals surface area contributed by atoms with Crippen LogP contribution in [0, 0.1) is 5.82 Å². The van der Waals surface area contributed by atoms with E-state index in [1.165, 1.54) is 10.9 Å². The summed E-state index contributed by atoms with van der Waals surface area (Å²) < 4.78 is 13.3. The number of hydrogen-bond donors (Lipinski definition) is 4. The molecule has 0 aliphatic heterocycles. The number of carboxylic acids is 3. The van der Waals surface area contributed by atoms with Gasteiger partial charge in [0.15, 0.2) is 5.60 Å². The van der Waals surface area contributed by atoms with Gasteiger partial charge in [-0.25, -0.2) is 9.18 Å². The Balaban J connectivity index is 0.000000366. The fraction of sp³-hybridized carbons (Fsp3) is 0.409. The minimum atomic E-state index is -2.74. The fourth-order valence-corrected chi connectivity index (χ4v) is 3.53. The Morgan fingerprint density at radius 1 is 0.970 bits per heavy atom. The van der Waals surface area contributed by atoms with Gasteiger partial charge in [0.1, 0.15) is 5.82 Å². The van der Waals surface area contributed by atoms with Gasteiger partial charge in [-0.2, -0.15) is 0 Å². The number of hydrogen-bond acceptors (Lipinski definition) is 7. The van der Waals surface area contributed by atoms with Crippen molar-refractivity contribution in [3.63, 3.8) is 0 Å². The summed E-state index contributed by atoms with van der Waals surface area (Å²) in [5.41, 5.74) is -1.71. The molecule has 2 rings (SSSR count). The number of aliphatic hydroxyl groups is 1. The Morgan fingerprint density at radius 3 is 2.06 bits per heavy atom. The molecule has 0 atom stereocenters. The Kier molecular flexibility index (Phi) is 11.6. The molecule has 11 heteroatoms. The third kappa shape index (κ3) is 11.5. The van der Waals surface area contributed by atoms with Gasteiger partial charge in [0.25, 0.3) is 0 Å². The van der Waals surface area contributed by atoms with Gasteiger partial charge in [-0.15, -0.1) is 11.3 Å². The van der Waals surface area contributed by atoms with E-state index in [1.807, 2.05) is 6.07 Å². The van der Waals surface area contributed by atoms with Crippen LogP contribution in [0.1, 0.15) is 23.3 Å². The molecule has 0 amide bonds. The maximum Gasteiger partial charge on any atom is 0.336 e. The summed E-state index contributed by atoms with van der Waals surface area (Å²) in [6, 6.07) is 11.1. The molecule has 0 saturated carbocycles. The van der Waals surface area contributed by atoms with Gasteiger partial charge < -0.3 is 25.3 Å². The molecule has 1 heterocycles. The van der Waals surface area contributed by atoms with Crippen molar-refractivity contribution in [2.45, 2.75) is 31.5 Å². The molecule has 0 spiro atoms. The van der Waals surface area contributed by atoms with Crippen molar-refractivity contribution in [1.82, 2.24) is 9.80 Å². The number of rotatable bonds is 12. The van der Waals surface area contributed by atoms with Crippen molar-refractivity contribution >= 4 is 29.2 Å². The molecule has 9 nitrogen and oxygen atoms in total. The average molecular weight is 485 g/mol. The third-order valence-electron chi connectivity index (χ3n) is 4.40. The number of nitrogens with zero attached hydrogens (tertiary/aromatic N) is 2. The number of halogens is 1. The highest BCUT2D eigenvalue weighted by atomic mass is 32.1. The van der Waals surface area contributed by atoms with Crippen LogP contribution >= 0.6 is 11.3 Å². The normalized spacial score (nSPS) is 11.2. The minimum Gasteiger partial charge on any atom is -0.481 e. The van der Waals surface area contributed by atoms with E-state index in [-0.39, 0.29) is 5.82 Å². The largest absolute Gasteiger partial charge is 0.481 e. The smallest absolute Gasteiger partial charge is 0.336 e. The predicted molar refractivity (Wildman–Crippen MR) is 120 cm³/mol. The van der Waals surface area contributed by atoms with Gasteiger partial charge in [-0.05, 0) is 43.2 Å². The molecule has 0 radical (unpaired) electrons. The lowest BCUT2D eigenvalue weighted by atomic mass is 9.96. The van der Waals surface area contributed by atoms with E-state index in [0.29, 0.717) is 0 Å². The summed E-state index contributed by atoms with van der Waals surface area (Å²) in [6.07, 6.45) is -2.29. The van der Waals surface area contributed by atoms with Gasteiger partial charge in [0.2, 0.25) is 0 Å². The lowest BCUT2D eigenvalue weighted by Gasteiger charge is -2.23. The van der Waals surface area contributed by atoms with E-state index in [0.717, 1.165) is 31.7 Å². The molecule has 1 aromatic heterocycles. The van der Waals surface area contributed by atoms with Crippen LogP contribution < -0.4 is 0 Å². The molecule has 0 unspecified atom stereocenters. The monoisotopic (exact) mass is 484 g/mol. The van der Waals surface area contributed by atoms with Crippen LogP contribution in [0.25, 0.3) is 0 Å². The third-order valence-corrected chi connectivity index (χ3v) is 5.26. The molecular weight excluding hydrogens is 455 g/mol. The lowest BCUT2D eigenvalue weighted by Crippen LogP contribution is -2.42. The number of thiophene rings is 1. The second-order valence-electron chi connectivity index (χ2n) is 7.70. The molecule has 4 N–H and O–H groups in total. The quantitative estimate of drug-likeness (QED) is 0.357. The number of aliphatic carboxylic acids is 3. The van der Waals surface area contributed by atoms with E-state index in [1.54, 1.807) is 23.5 Å². The lowest BCUT2D eigenvalue weighted by molar-refractivity contribution is -0.170. The Bertz CT molecular complexity index is 890. The number of carbonyl (C=O) groups is 3. The molecule has 33 heavy (non-hydrogen) atoms. The van der Waals surface area contributed by atoms with E-state index >= 15 is 0 Å². The topological polar surface area (TPSA) is 139 Å². The van der Waals surface area contributed by atoms with Crippen LogP contribution in [0.3, 0.4) is 0 Å². The molecule has 0 saturated heterocycles. The first-order chi connectivity index (χ1) is 15.4. The molecule has 0 fully saturated rings. The zero-order chi connectivity index (χ0) is 25.0. The first kappa shape index (κ1) is 28.2. The van der Waals surface area contributed by atoms with Crippen LogP contribution in [0.5, 0.6) is 0 Å². The molecule has 0 aliphatic carbocycles. The fourth-order valence-electron chi connectivity index (χ4n) is 2.79. The van der Waals surface area contributed by atoms with Crippen molar-refractivity contribution in [3.8, 4) is 0 Å². The van der Waals surface area contributed by atoms with E-state index in [4.69, 9.17) is 20.4 Å². The van der Waals surface area contributed by atoms with Crippen molar-refractivity contribution in [3.05, 3.63) is 58.0 Å². The van der Waals surface area contributed by atoms with Crippen molar-refractivity contribution in [1.29, 1.82) is 0 Å². The molecular formula is C22H29FN2O7S. The maximum absolute atomic E-state index is 13.3. The molecule has 0 aliphatic rings. The number of carboxylic acid groups (broad SMARTS) is 3. The van der Waals surface area contributed by atoms with Crippen LogP contribution in [-0.2, 0) is 27.5 Å². The summed E-state index contributed by atoms with van der Waals surface area (Å²) in [7, 11) is 4.15. The highest BCUT2D eigenvalue weighted by Gasteiger charge is 2.40. The molecule has 2 aromatic rings. The first-order valence-electron chi connectivity index (χ1n) is 9.94. The highest BCUT2D eigenvalue weighted by Crippen LogP contribution is 2.16. The Labute approximate surface area is 195 Å². The van der Waals surface area contributed by atoms with Gasteiger partial charge in [0.05, 0.1) is 12.8 Å². The number of benzene rings is 1. The summed E-state index contributed by atoms with van der Waals surface area (Å²) >= 11 is 1.77. The Hall–Kier alpha value is -2.86. The number of likely N-dealkylation sites (N-methyl/N-ethyl adjacent to an activating group) is 1. The predicted octanol–water partition coefficient (Wildman–Crippen LogP) is 2.20. The average Bonchev–Trinajstić information content (AvgIpc) is 3.18. The van der Waals surface area contributed by atoms with Gasteiger partial charge >= 0.3 is 17.9 Å². The summed E-state index contributed by atoms with van der Waals surface area (Å²) in [5, 5.41) is 35.9. The summed E-state index contributed by atoms with van der Waals surface area (Å²) in [4.78, 5) is 36.4. The standard InChI is InChI=1S/C16H21FN2S.C6H8O7/c1-18(2)8-9-19(13-16-7-4-10-20-16)12-14-5-3-6-15(17)11-14;7-3(8)1-6(13,5(11)12)2-4(9)10/h3-7,10-11H,8-9,12-13H2,1-2H3;13H,1-2H2,(H,7,8)(H,9,10)(H,11,12). The molecule has 1 aromatic carbocycles. The van der Waals surface area contributed by atoms with E-state index < -0.39 is 36.4 Å². The zero-order valence-electron chi connectivity index (χ0n) is 18.5. The van der Waals surface area contributed by atoms with Crippen LogP contribution in [0.4, 0.5) is 4.39 Å². The summed E-state index contributed by atoms with van der Waals surface area (Å²) in [5.74, 6) is -5.18. The molecule has 0 bridgehead atoms. The minimum absolute atomic E-state index is 0.161. The van der Waals surface area contributed by atoms with E-state index in [9.17, 15) is 18.8 Å². The summed E-state index contributed by atoms with van der Waals surface area (Å²) in [6.45, 7) is 3.67. The second kappa shape index (κ2) is 13.6. The van der Waals surface area contributed by atoms with Gasteiger partial charge in [-0.1, -0.05) is 18.2 Å². The molecule has 182 valence electrons. The second-order valence-corrected chi connectivity index (χ2v) is 8.73. The SMILES string of the molecule is CN(C)CCN(Cc1cccc(F)c1)Cc1cccs1.O=C(O)CC(O)(CC(=O)O)C(=O)O. The maximum atomic E-state index is 13.3. The van der Waals surface area contributed by atoms with Crippen molar-refractivity contribution in [2.24, 2.45) is 0 Å². The Morgan fingerprint density at radius 2 is 1.61 bits per heavy atom. The highest BCUT2D eigenvalue weighted by molar-refractivity contribution is 7.09. The van der Waals surface area contributed by atoms with Crippen LogP contribution in [0.15, 0.2) is 41.8 Å². The van der Waals surface area contributed by atoms with Crippen molar-refractivity contribution in [2.75, 3.05) is 27.2 Å². The van der Waals surface area contributed by atoms with Crippen LogP contribution in [-0.4, -0.2) is 80.9 Å². The van der Waals surface area contributed by atoms with Crippen molar-refractivity contribution < 1.29 is 39.2 Å². The van der Waals surface area contributed by atoms with Gasteiger partial charge in [-0.3, -0.25) is 14.5 Å². The zero-order valence-corrected chi connectivity index (χ0v) is 19.3. The van der Waals surface area contributed by atoms with E-state index in [2.05, 4.69) is 41.4 Å². The van der Waals surface area contributed by atoms with Crippen LogP contribution in [0.2, 0.25) is 0 Å².